The third kappa shape index (κ3) is 3.89. The Morgan fingerprint density at radius 2 is 2.12 bits per heavy atom. The Hall–Kier alpha value is -2.78. The van der Waals surface area contributed by atoms with Crippen LogP contribution in [0.1, 0.15) is 29.3 Å². The number of nitrogens with one attached hydrogen (secondary N) is 2. The minimum absolute atomic E-state index is 0.0334. The highest BCUT2D eigenvalue weighted by Crippen LogP contribution is 2.13. The van der Waals surface area contributed by atoms with E-state index < -0.39 is 10.0 Å². The first kappa shape index (κ1) is 18.0. The molecule has 0 aliphatic rings. The van der Waals surface area contributed by atoms with Crippen LogP contribution in [0.5, 0.6) is 0 Å². The van der Waals surface area contributed by atoms with Crippen molar-refractivity contribution in [2.24, 2.45) is 0 Å². The van der Waals surface area contributed by atoms with Crippen molar-refractivity contribution in [2.75, 3.05) is 6.54 Å². The molecule has 0 aliphatic carbocycles. The zero-order chi connectivity index (χ0) is 18.6. The summed E-state index contributed by atoms with van der Waals surface area (Å²) >= 11 is 0. The van der Waals surface area contributed by atoms with Crippen LogP contribution < -0.4 is 10.0 Å². The SMILES string of the molecule is CCCNC(=O)c1cccc(S(=O)(=O)NCc2cnn3cccnc23)c1. The van der Waals surface area contributed by atoms with Crippen LogP contribution in [-0.2, 0) is 16.6 Å². The molecule has 1 aromatic carbocycles. The van der Waals surface area contributed by atoms with Gasteiger partial charge in [0.2, 0.25) is 10.0 Å². The van der Waals surface area contributed by atoms with Gasteiger partial charge < -0.3 is 5.32 Å². The summed E-state index contributed by atoms with van der Waals surface area (Å²) in [4.78, 5) is 16.3. The second-order valence-electron chi connectivity index (χ2n) is 5.67. The summed E-state index contributed by atoms with van der Waals surface area (Å²) in [5, 5.41) is 6.85. The Bertz CT molecular complexity index is 1030. The average molecular weight is 373 g/mol. The molecular weight excluding hydrogens is 354 g/mol. The molecule has 0 aliphatic heterocycles. The lowest BCUT2D eigenvalue weighted by Crippen LogP contribution is -2.26. The fourth-order valence-corrected chi connectivity index (χ4v) is 3.45. The van der Waals surface area contributed by atoms with Crippen molar-refractivity contribution in [3.8, 4) is 0 Å². The van der Waals surface area contributed by atoms with Gasteiger partial charge >= 0.3 is 0 Å². The Morgan fingerprint density at radius 1 is 1.27 bits per heavy atom. The number of amides is 1. The van der Waals surface area contributed by atoms with E-state index in [1.165, 1.54) is 12.1 Å². The highest BCUT2D eigenvalue weighted by Gasteiger charge is 2.17. The van der Waals surface area contributed by atoms with E-state index in [2.05, 4.69) is 20.1 Å². The zero-order valence-electron chi connectivity index (χ0n) is 14.2. The maximum absolute atomic E-state index is 12.6. The molecule has 0 unspecified atom stereocenters. The molecule has 8 nitrogen and oxygen atoms in total. The summed E-state index contributed by atoms with van der Waals surface area (Å²) in [5.74, 6) is -0.296. The fourth-order valence-electron chi connectivity index (χ4n) is 2.40. The van der Waals surface area contributed by atoms with Gasteiger partial charge in [-0.15, -0.1) is 0 Å². The van der Waals surface area contributed by atoms with Crippen LogP contribution in [0.4, 0.5) is 0 Å². The number of benzene rings is 1. The van der Waals surface area contributed by atoms with Gasteiger partial charge in [-0.05, 0) is 30.7 Å². The summed E-state index contributed by atoms with van der Waals surface area (Å²) in [7, 11) is -3.78. The second kappa shape index (κ2) is 7.63. The largest absolute Gasteiger partial charge is 0.352 e. The molecule has 0 radical (unpaired) electrons. The van der Waals surface area contributed by atoms with E-state index in [1.807, 2.05) is 6.92 Å². The lowest BCUT2D eigenvalue weighted by molar-refractivity contribution is 0.0953. The molecule has 3 aromatic rings. The van der Waals surface area contributed by atoms with Crippen molar-refractivity contribution in [3.05, 3.63) is 60.0 Å². The lowest BCUT2D eigenvalue weighted by Gasteiger charge is -2.08. The summed E-state index contributed by atoms with van der Waals surface area (Å²) in [6.45, 7) is 2.53. The van der Waals surface area contributed by atoms with Gasteiger partial charge in [0.25, 0.3) is 5.91 Å². The molecule has 0 spiro atoms. The van der Waals surface area contributed by atoms with E-state index >= 15 is 0 Å². The van der Waals surface area contributed by atoms with Crippen LogP contribution >= 0.6 is 0 Å². The molecule has 1 amide bonds. The number of fused-ring (bicyclic) bond motifs is 1. The molecule has 0 bridgehead atoms. The van der Waals surface area contributed by atoms with E-state index in [4.69, 9.17) is 0 Å². The minimum Gasteiger partial charge on any atom is -0.352 e. The van der Waals surface area contributed by atoms with Crippen molar-refractivity contribution < 1.29 is 13.2 Å². The normalized spacial score (nSPS) is 11.6. The molecule has 2 aromatic heterocycles. The van der Waals surface area contributed by atoms with Crippen molar-refractivity contribution in [2.45, 2.75) is 24.8 Å². The molecule has 136 valence electrons. The highest BCUT2D eigenvalue weighted by atomic mass is 32.2. The Morgan fingerprint density at radius 3 is 2.92 bits per heavy atom. The third-order valence-corrected chi connectivity index (χ3v) is 5.15. The van der Waals surface area contributed by atoms with Gasteiger partial charge in [-0.3, -0.25) is 4.79 Å². The topological polar surface area (TPSA) is 105 Å². The van der Waals surface area contributed by atoms with Crippen molar-refractivity contribution in [3.63, 3.8) is 0 Å². The molecule has 26 heavy (non-hydrogen) atoms. The van der Waals surface area contributed by atoms with Gasteiger partial charge in [-0.1, -0.05) is 13.0 Å². The maximum Gasteiger partial charge on any atom is 0.251 e. The van der Waals surface area contributed by atoms with Gasteiger partial charge in [0.05, 0.1) is 11.1 Å². The van der Waals surface area contributed by atoms with Gasteiger partial charge in [0, 0.05) is 36.6 Å². The van der Waals surface area contributed by atoms with Crippen molar-refractivity contribution in [1.29, 1.82) is 0 Å². The first-order valence-corrected chi connectivity index (χ1v) is 9.65. The highest BCUT2D eigenvalue weighted by molar-refractivity contribution is 7.89. The Balaban J connectivity index is 1.77. The number of sulfonamides is 1. The number of carbonyl (C=O) groups excluding carboxylic acids is 1. The van der Waals surface area contributed by atoms with Gasteiger partial charge in [0.15, 0.2) is 5.65 Å². The third-order valence-electron chi connectivity index (χ3n) is 3.75. The second-order valence-corrected chi connectivity index (χ2v) is 7.43. The molecule has 0 fully saturated rings. The fraction of sp³-hybridized carbons (Fsp3) is 0.235. The number of hydrogen-bond acceptors (Lipinski definition) is 5. The molecule has 0 saturated heterocycles. The monoisotopic (exact) mass is 373 g/mol. The summed E-state index contributed by atoms with van der Waals surface area (Å²) in [6, 6.07) is 7.68. The quantitative estimate of drug-likeness (QED) is 0.650. The molecular formula is C17H19N5O3S. The maximum atomic E-state index is 12.6. The summed E-state index contributed by atoms with van der Waals surface area (Å²) < 4.78 is 29.2. The molecule has 2 N–H and O–H groups in total. The first-order valence-electron chi connectivity index (χ1n) is 8.16. The number of nitrogens with zero attached hydrogens (tertiary/aromatic N) is 3. The van der Waals surface area contributed by atoms with Crippen LogP contribution in [0.25, 0.3) is 5.65 Å². The molecule has 0 atom stereocenters. The number of hydrogen-bond donors (Lipinski definition) is 2. The minimum atomic E-state index is -3.78. The predicted octanol–water partition coefficient (Wildman–Crippen LogP) is 1.35. The van der Waals surface area contributed by atoms with Gasteiger partial charge in [0.1, 0.15) is 0 Å². The predicted molar refractivity (Wildman–Crippen MR) is 96.1 cm³/mol. The van der Waals surface area contributed by atoms with Crippen LogP contribution in [0, 0.1) is 0 Å². The molecule has 3 rings (SSSR count). The van der Waals surface area contributed by atoms with E-state index in [0.29, 0.717) is 23.3 Å². The summed E-state index contributed by atoms with van der Waals surface area (Å²) in [5.41, 5.74) is 1.55. The first-order chi connectivity index (χ1) is 12.5. The van der Waals surface area contributed by atoms with E-state index in [9.17, 15) is 13.2 Å². The number of aromatic nitrogens is 3. The summed E-state index contributed by atoms with van der Waals surface area (Å²) in [6.07, 6.45) is 5.73. The Kier molecular flexibility index (Phi) is 5.29. The van der Waals surface area contributed by atoms with Crippen LogP contribution in [0.3, 0.4) is 0 Å². The average Bonchev–Trinajstić information content (AvgIpc) is 3.08. The van der Waals surface area contributed by atoms with Crippen molar-refractivity contribution in [1.82, 2.24) is 24.6 Å². The van der Waals surface area contributed by atoms with Crippen LogP contribution in [-0.4, -0.2) is 35.5 Å². The van der Waals surface area contributed by atoms with E-state index in [-0.39, 0.29) is 17.3 Å². The Labute approximate surface area is 151 Å². The lowest BCUT2D eigenvalue weighted by atomic mass is 10.2. The number of rotatable bonds is 7. The van der Waals surface area contributed by atoms with Crippen LogP contribution in [0.15, 0.2) is 53.8 Å². The number of carbonyl (C=O) groups is 1. The van der Waals surface area contributed by atoms with Crippen LogP contribution in [0.2, 0.25) is 0 Å². The zero-order valence-corrected chi connectivity index (χ0v) is 15.0. The van der Waals surface area contributed by atoms with E-state index in [1.54, 1.807) is 41.3 Å². The van der Waals surface area contributed by atoms with Gasteiger partial charge in [-0.2, -0.15) is 5.10 Å². The van der Waals surface area contributed by atoms with Gasteiger partial charge in [-0.25, -0.2) is 22.6 Å². The smallest absolute Gasteiger partial charge is 0.251 e. The van der Waals surface area contributed by atoms with Crippen molar-refractivity contribution >= 4 is 21.6 Å². The molecule has 2 heterocycles. The molecule has 0 saturated carbocycles. The molecule has 9 heteroatoms. The standard InChI is InChI=1S/C17H19N5O3S/c1-2-7-19-17(23)13-5-3-6-15(10-13)26(24,25)21-12-14-11-20-22-9-4-8-18-16(14)22/h3-6,8-11,21H,2,7,12H2,1H3,(H,19,23). The van der Waals surface area contributed by atoms with E-state index in [0.717, 1.165) is 6.42 Å².